The van der Waals surface area contributed by atoms with Crippen LogP contribution in [0.4, 0.5) is 0 Å². The predicted octanol–water partition coefficient (Wildman–Crippen LogP) is -5.19. The van der Waals surface area contributed by atoms with E-state index in [0.29, 0.717) is 0 Å². The smallest absolute Gasteiger partial charge is 1.00 e. The molecule has 0 bridgehead atoms. The maximum Gasteiger partial charge on any atom is 1.00 e. The van der Waals surface area contributed by atoms with Gasteiger partial charge in [0.05, 0.1) is 0 Å². The molecule has 9 heteroatoms. The van der Waals surface area contributed by atoms with Crippen molar-refractivity contribution in [1.82, 2.24) is 0 Å². The number of hydrogen-bond donors (Lipinski definition) is 2. The second-order valence-corrected chi connectivity index (χ2v) is 1.34. The first-order valence-corrected chi connectivity index (χ1v) is 2.10. The molecular weight excluding hydrogens is 223 g/mol. The van der Waals surface area contributed by atoms with Gasteiger partial charge in [-0.3, -0.25) is 9.11 Å². The quantitative estimate of drug-likeness (QED) is 0.317. The summed E-state index contributed by atoms with van der Waals surface area (Å²) >= 11 is 0. The first kappa shape index (κ1) is 30.6. The van der Waals surface area contributed by atoms with Crippen LogP contribution in [0.25, 0.3) is 0 Å². The van der Waals surface area contributed by atoms with E-state index in [1.807, 2.05) is 0 Å². The van der Waals surface area contributed by atoms with E-state index in [0.717, 1.165) is 0 Å². The number of hydrogen-bond acceptors (Lipinski definition) is 2. The van der Waals surface area contributed by atoms with Crippen molar-refractivity contribution < 1.29 is 98.4 Å². The minimum Gasteiger partial charge on any atom is -1.00 e. The van der Waals surface area contributed by atoms with Crippen LogP contribution in [0.2, 0.25) is 0 Å². The van der Waals surface area contributed by atoms with Crippen molar-refractivity contribution in [2.24, 2.45) is 0 Å². The van der Waals surface area contributed by atoms with Gasteiger partial charge in [0.15, 0.2) is 0 Å². The summed E-state index contributed by atoms with van der Waals surface area (Å²) in [6.07, 6.45) is 0. The van der Waals surface area contributed by atoms with Crippen molar-refractivity contribution in [3.63, 3.8) is 0 Å². The van der Waals surface area contributed by atoms with E-state index >= 15 is 0 Å². The molecular formula is H7FeKO6S. The molecule has 0 aromatic rings. The van der Waals surface area contributed by atoms with Crippen molar-refractivity contribution in [2.45, 2.75) is 0 Å². The first-order valence-electron chi connectivity index (χ1n) is 0.698. The van der Waals surface area contributed by atoms with Gasteiger partial charge in [-0.1, -0.05) is 0 Å². The Morgan fingerprint density at radius 2 is 1.11 bits per heavy atom. The van der Waals surface area contributed by atoms with Crippen LogP contribution in [0.15, 0.2) is 0 Å². The Morgan fingerprint density at radius 1 is 1.11 bits per heavy atom. The summed E-state index contributed by atoms with van der Waals surface area (Å²) in [5.41, 5.74) is 0. The standard InChI is InChI=1S/Fe.K.H2O4S.2H2O.H/c;;1-5(2,3)4;;;/h;;(H2,1,2,3,4);2*1H2;/q;+1;;;;-1. The Bertz CT molecular complexity index is 101. The third-order valence-electron chi connectivity index (χ3n) is 0. The summed E-state index contributed by atoms with van der Waals surface area (Å²) in [4.78, 5) is 0. The fraction of sp³-hybridized carbons (Fsp3) is 0. The molecule has 0 aliphatic carbocycles. The van der Waals surface area contributed by atoms with Gasteiger partial charge in [-0.05, 0) is 0 Å². The van der Waals surface area contributed by atoms with Crippen molar-refractivity contribution in [1.29, 1.82) is 0 Å². The fourth-order valence-corrected chi connectivity index (χ4v) is 0. The number of rotatable bonds is 0. The van der Waals surface area contributed by atoms with Gasteiger partial charge >= 0.3 is 61.8 Å². The molecule has 0 heterocycles. The summed E-state index contributed by atoms with van der Waals surface area (Å²) < 4.78 is 31.6. The third-order valence-corrected chi connectivity index (χ3v) is 0. The van der Waals surface area contributed by atoms with Crippen molar-refractivity contribution in [3.8, 4) is 0 Å². The van der Waals surface area contributed by atoms with Crippen LogP contribution in [0.1, 0.15) is 1.43 Å². The van der Waals surface area contributed by atoms with Gasteiger partial charge in [-0.2, -0.15) is 8.42 Å². The van der Waals surface area contributed by atoms with Gasteiger partial charge in [0.25, 0.3) is 0 Å². The predicted molar refractivity (Wildman–Crippen MR) is 22.5 cm³/mol. The maximum atomic E-state index is 8.74. The zero-order valence-electron chi connectivity index (χ0n) is 5.47. The van der Waals surface area contributed by atoms with Crippen molar-refractivity contribution in [2.75, 3.05) is 0 Å². The second-order valence-electron chi connectivity index (χ2n) is 0.448. The zero-order chi connectivity index (χ0) is 4.50. The van der Waals surface area contributed by atoms with E-state index in [4.69, 9.17) is 17.5 Å². The molecule has 0 fully saturated rings. The van der Waals surface area contributed by atoms with Crippen LogP contribution >= 0.6 is 0 Å². The molecule has 58 valence electrons. The molecule has 0 radical (unpaired) electrons. The van der Waals surface area contributed by atoms with Crippen LogP contribution in [0, 0.1) is 0 Å². The Hall–Kier alpha value is 1.95. The third kappa shape index (κ3) is 166. The van der Waals surface area contributed by atoms with Gasteiger partial charge in [-0.15, -0.1) is 0 Å². The minimum absolute atomic E-state index is 0. The molecule has 0 saturated heterocycles. The average molecular weight is 230 g/mol. The van der Waals surface area contributed by atoms with Gasteiger partial charge in [0, 0.05) is 17.1 Å². The summed E-state index contributed by atoms with van der Waals surface area (Å²) in [5.74, 6) is 0. The molecule has 6 nitrogen and oxygen atoms in total. The van der Waals surface area contributed by atoms with Crippen LogP contribution in [0.3, 0.4) is 0 Å². The van der Waals surface area contributed by atoms with Crippen LogP contribution < -0.4 is 51.4 Å². The molecule has 0 rings (SSSR count). The molecule has 0 aromatic heterocycles. The van der Waals surface area contributed by atoms with Crippen LogP contribution in [0.5, 0.6) is 0 Å². The van der Waals surface area contributed by atoms with E-state index < -0.39 is 10.4 Å². The molecule has 6 N–H and O–H groups in total. The van der Waals surface area contributed by atoms with Gasteiger partial charge in [0.2, 0.25) is 0 Å². The SMILES string of the molecule is O.O.O=S(=O)(O)O.[Fe].[H-].[K+]. The Morgan fingerprint density at radius 3 is 1.11 bits per heavy atom. The van der Waals surface area contributed by atoms with E-state index in [-0.39, 0.29) is 80.8 Å². The molecule has 0 aliphatic heterocycles. The first-order chi connectivity index (χ1) is 2.00. The summed E-state index contributed by atoms with van der Waals surface area (Å²) in [6, 6.07) is 0. The van der Waals surface area contributed by atoms with Gasteiger partial charge < -0.3 is 12.4 Å². The largest absolute Gasteiger partial charge is 1.00 e. The van der Waals surface area contributed by atoms with E-state index in [9.17, 15) is 0 Å². The molecule has 0 aliphatic rings. The average Bonchev–Trinajstić information content (AvgIpc) is 0.722. The van der Waals surface area contributed by atoms with E-state index in [2.05, 4.69) is 0 Å². The Balaban J connectivity index is -0.00000000800. The van der Waals surface area contributed by atoms with Gasteiger partial charge in [-0.25, -0.2) is 0 Å². The Labute approximate surface area is 107 Å². The Kier molecular flexibility index (Phi) is 42.9. The fourth-order valence-electron chi connectivity index (χ4n) is 0. The topological polar surface area (TPSA) is 138 Å². The summed E-state index contributed by atoms with van der Waals surface area (Å²) in [5, 5.41) is 0. The second kappa shape index (κ2) is 12.6. The molecule has 9 heavy (non-hydrogen) atoms. The monoisotopic (exact) mass is 230 g/mol. The van der Waals surface area contributed by atoms with E-state index in [1.54, 1.807) is 0 Å². The normalized spacial score (nSPS) is 6.44. The summed E-state index contributed by atoms with van der Waals surface area (Å²) in [7, 11) is -4.67. The van der Waals surface area contributed by atoms with Crippen molar-refractivity contribution >= 4 is 10.4 Å². The van der Waals surface area contributed by atoms with Crippen LogP contribution in [-0.2, 0) is 27.5 Å². The maximum absolute atomic E-state index is 8.74. The molecule has 0 amide bonds. The molecule has 0 unspecified atom stereocenters. The van der Waals surface area contributed by atoms with E-state index in [1.165, 1.54) is 0 Å². The molecule has 0 spiro atoms. The van der Waals surface area contributed by atoms with Crippen molar-refractivity contribution in [3.05, 3.63) is 0 Å². The molecule has 0 saturated carbocycles. The molecule has 0 atom stereocenters. The summed E-state index contributed by atoms with van der Waals surface area (Å²) in [6.45, 7) is 0. The zero-order valence-corrected chi connectivity index (χ0v) is 9.52. The van der Waals surface area contributed by atoms with Crippen LogP contribution in [-0.4, -0.2) is 28.5 Å². The van der Waals surface area contributed by atoms with Gasteiger partial charge in [0.1, 0.15) is 0 Å². The molecule has 0 aromatic carbocycles. The minimum atomic E-state index is -4.67.